The Balaban J connectivity index is 2.69. The number of benzene rings is 1. The van der Waals surface area contributed by atoms with Crippen LogP contribution in [0.3, 0.4) is 0 Å². The minimum absolute atomic E-state index is 0.345. The van der Waals surface area contributed by atoms with Gasteiger partial charge in [0.05, 0.1) is 0 Å². The summed E-state index contributed by atoms with van der Waals surface area (Å²) in [6.07, 6.45) is 1.03. The van der Waals surface area contributed by atoms with Crippen LogP contribution >= 0.6 is 11.6 Å². The van der Waals surface area contributed by atoms with Crippen molar-refractivity contribution in [3.05, 3.63) is 53.6 Å². The lowest BCUT2D eigenvalue weighted by Gasteiger charge is -2.19. The van der Waals surface area contributed by atoms with Crippen molar-refractivity contribution in [3.63, 3.8) is 0 Å². The zero-order chi connectivity index (χ0) is 13.0. The molecule has 17 heavy (non-hydrogen) atoms. The summed E-state index contributed by atoms with van der Waals surface area (Å²) in [6, 6.07) is 8.60. The molecule has 0 N–H and O–H groups in total. The molecule has 1 aromatic rings. The van der Waals surface area contributed by atoms with Crippen LogP contribution in [0.15, 0.2) is 42.5 Å². The highest BCUT2D eigenvalue weighted by Crippen LogP contribution is 2.25. The van der Waals surface area contributed by atoms with E-state index in [1.54, 1.807) is 0 Å². The largest absolute Gasteiger partial charge is 0.0955 e. The van der Waals surface area contributed by atoms with Gasteiger partial charge in [-0.1, -0.05) is 68.4 Å². The van der Waals surface area contributed by atoms with E-state index in [9.17, 15) is 0 Å². The van der Waals surface area contributed by atoms with E-state index in [4.69, 9.17) is 11.6 Å². The van der Waals surface area contributed by atoms with Crippen molar-refractivity contribution in [1.82, 2.24) is 0 Å². The van der Waals surface area contributed by atoms with E-state index in [0.717, 1.165) is 17.0 Å². The van der Waals surface area contributed by atoms with Gasteiger partial charge in [0.15, 0.2) is 0 Å². The molecule has 0 spiro atoms. The van der Waals surface area contributed by atoms with Crippen molar-refractivity contribution >= 4 is 17.2 Å². The average Bonchev–Trinajstić information content (AvgIpc) is 2.28. The molecule has 1 rings (SSSR count). The van der Waals surface area contributed by atoms with E-state index < -0.39 is 0 Å². The van der Waals surface area contributed by atoms with Gasteiger partial charge in [0.1, 0.15) is 0 Å². The number of rotatable bonds is 5. The third-order valence-corrected chi connectivity index (χ3v) is 3.70. The molecule has 0 aliphatic rings. The summed E-state index contributed by atoms with van der Waals surface area (Å²) in [5.41, 5.74) is 3.65. The van der Waals surface area contributed by atoms with E-state index >= 15 is 0 Å². The van der Waals surface area contributed by atoms with Crippen molar-refractivity contribution < 1.29 is 0 Å². The zero-order valence-electron chi connectivity index (χ0n) is 11.0. The molecule has 0 amide bonds. The lowest BCUT2D eigenvalue weighted by Crippen LogP contribution is -2.10. The normalized spacial score (nSPS) is 14.1. The molecule has 0 bridgehead atoms. The van der Waals surface area contributed by atoms with Gasteiger partial charge in [0, 0.05) is 5.03 Å². The Morgan fingerprint density at radius 2 is 1.71 bits per heavy atom. The predicted molar refractivity (Wildman–Crippen MR) is 78.2 cm³/mol. The fraction of sp³-hybridized carbons (Fsp3) is 0.375. The van der Waals surface area contributed by atoms with Crippen LogP contribution < -0.4 is 0 Å². The van der Waals surface area contributed by atoms with Crippen molar-refractivity contribution in [2.24, 2.45) is 11.8 Å². The molecule has 0 nitrogen and oxygen atoms in total. The second kappa shape index (κ2) is 6.07. The predicted octanol–water partition coefficient (Wildman–Crippen LogP) is 5.29. The summed E-state index contributed by atoms with van der Waals surface area (Å²) in [5, 5.41) is 0.746. The van der Waals surface area contributed by atoms with Gasteiger partial charge in [-0.05, 0) is 36.3 Å². The Labute approximate surface area is 110 Å². The van der Waals surface area contributed by atoms with Crippen LogP contribution in [0.5, 0.6) is 0 Å². The van der Waals surface area contributed by atoms with Crippen LogP contribution in [0.4, 0.5) is 0 Å². The molecule has 0 heterocycles. The maximum atomic E-state index is 5.95. The summed E-state index contributed by atoms with van der Waals surface area (Å²) in [6.45, 7) is 14.1. The summed E-state index contributed by atoms with van der Waals surface area (Å²) < 4.78 is 0. The van der Waals surface area contributed by atoms with Crippen LogP contribution in [-0.2, 0) is 6.42 Å². The molecular formula is C16H21Cl. The van der Waals surface area contributed by atoms with E-state index in [-0.39, 0.29) is 0 Å². The van der Waals surface area contributed by atoms with Crippen LogP contribution in [0.25, 0.3) is 5.57 Å². The number of hydrogen-bond acceptors (Lipinski definition) is 0. The molecule has 0 fully saturated rings. The van der Waals surface area contributed by atoms with E-state index in [2.05, 4.69) is 51.3 Å². The topological polar surface area (TPSA) is 0 Å². The minimum Gasteiger partial charge on any atom is -0.0955 e. The van der Waals surface area contributed by atoms with E-state index in [1.807, 2.05) is 6.92 Å². The van der Waals surface area contributed by atoms with Crippen LogP contribution in [0.1, 0.15) is 31.9 Å². The molecule has 0 aliphatic heterocycles. The fourth-order valence-electron chi connectivity index (χ4n) is 1.78. The fourth-order valence-corrected chi connectivity index (χ4v) is 2.00. The van der Waals surface area contributed by atoms with Gasteiger partial charge in [-0.15, -0.1) is 0 Å². The Hall–Kier alpha value is -1.01. The summed E-state index contributed by atoms with van der Waals surface area (Å²) in [5.74, 6) is 0.855. The molecule has 0 aliphatic carbocycles. The maximum absolute atomic E-state index is 5.95. The monoisotopic (exact) mass is 248 g/mol. The lowest BCUT2D eigenvalue weighted by molar-refractivity contribution is 0.452. The van der Waals surface area contributed by atoms with Gasteiger partial charge in [-0.25, -0.2) is 0 Å². The summed E-state index contributed by atoms with van der Waals surface area (Å²) >= 11 is 5.95. The highest BCUT2D eigenvalue weighted by Gasteiger charge is 2.14. The summed E-state index contributed by atoms with van der Waals surface area (Å²) in [7, 11) is 0. The van der Waals surface area contributed by atoms with E-state index in [1.165, 1.54) is 11.1 Å². The zero-order valence-corrected chi connectivity index (χ0v) is 11.7. The van der Waals surface area contributed by atoms with Crippen molar-refractivity contribution in [1.29, 1.82) is 0 Å². The Morgan fingerprint density at radius 3 is 2.12 bits per heavy atom. The highest BCUT2D eigenvalue weighted by atomic mass is 35.5. The Morgan fingerprint density at radius 1 is 1.18 bits per heavy atom. The Bertz CT molecular complexity index is 400. The van der Waals surface area contributed by atoms with Crippen molar-refractivity contribution in [2.45, 2.75) is 27.2 Å². The number of halogens is 1. The molecular weight excluding hydrogens is 228 g/mol. The van der Waals surface area contributed by atoms with Gasteiger partial charge < -0.3 is 0 Å². The van der Waals surface area contributed by atoms with Gasteiger partial charge in [-0.2, -0.15) is 0 Å². The third kappa shape index (κ3) is 4.05. The molecule has 0 saturated carbocycles. The van der Waals surface area contributed by atoms with Gasteiger partial charge in [0.25, 0.3) is 0 Å². The first-order chi connectivity index (χ1) is 7.91. The Kier molecular flexibility index (Phi) is 5.02. The second-order valence-corrected chi connectivity index (χ2v) is 5.38. The van der Waals surface area contributed by atoms with Crippen molar-refractivity contribution in [3.8, 4) is 0 Å². The molecule has 1 aromatic carbocycles. The highest BCUT2D eigenvalue weighted by molar-refractivity contribution is 6.29. The van der Waals surface area contributed by atoms with Gasteiger partial charge in [0.2, 0.25) is 0 Å². The standard InChI is InChI=1S/C16H21Cl/c1-11(2)16-8-6-15(7-9-16)10-12(3)13(4)14(5)17/h6-9,12-13H,1,5,10H2,2-4H3. The quantitative estimate of drug-likeness (QED) is 0.665. The van der Waals surface area contributed by atoms with Crippen LogP contribution in [0.2, 0.25) is 0 Å². The summed E-state index contributed by atoms with van der Waals surface area (Å²) in [4.78, 5) is 0. The van der Waals surface area contributed by atoms with Gasteiger partial charge >= 0.3 is 0 Å². The van der Waals surface area contributed by atoms with Crippen molar-refractivity contribution in [2.75, 3.05) is 0 Å². The molecule has 0 aromatic heterocycles. The molecule has 1 heteroatoms. The molecule has 92 valence electrons. The van der Waals surface area contributed by atoms with Gasteiger partial charge in [-0.3, -0.25) is 0 Å². The molecule has 2 unspecified atom stereocenters. The number of allylic oxidation sites excluding steroid dienone is 2. The lowest BCUT2D eigenvalue weighted by atomic mass is 9.89. The SMILES string of the molecule is C=C(C)c1ccc(CC(C)C(C)C(=C)Cl)cc1. The van der Waals surface area contributed by atoms with Crippen LogP contribution in [-0.4, -0.2) is 0 Å². The average molecular weight is 249 g/mol. The second-order valence-electron chi connectivity index (χ2n) is 4.89. The smallest absolute Gasteiger partial charge is 0.0140 e. The number of hydrogen-bond donors (Lipinski definition) is 0. The van der Waals surface area contributed by atoms with E-state index in [0.29, 0.717) is 11.8 Å². The first kappa shape index (κ1) is 14.1. The minimum atomic E-state index is 0.345. The first-order valence-corrected chi connectivity index (χ1v) is 6.38. The molecule has 0 radical (unpaired) electrons. The maximum Gasteiger partial charge on any atom is 0.0140 e. The molecule has 0 saturated heterocycles. The third-order valence-electron chi connectivity index (χ3n) is 3.35. The first-order valence-electron chi connectivity index (χ1n) is 6.01. The van der Waals surface area contributed by atoms with Crippen LogP contribution in [0, 0.1) is 11.8 Å². The molecule has 2 atom stereocenters.